The van der Waals surface area contributed by atoms with Crippen molar-refractivity contribution in [2.45, 2.75) is 13.3 Å². The number of carbonyl (C=O) groups excluding carboxylic acids is 1. The van der Waals surface area contributed by atoms with E-state index in [0.717, 1.165) is 12.0 Å². The van der Waals surface area contributed by atoms with Gasteiger partial charge in [-0.05, 0) is 12.5 Å². The van der Waals surface area contributed by atoms with Crippen molar-refractivity contribution in [3.8, 4) is 0 Å². The minimum absolute atomic E-state index is 0.340. The highest BCUT2D eigenvalue weighted by Gasteiger charge is 2.00. The lowest BCUT2D eigenvalue weighted by Gasteiger charge is -1.96. The molecular weight excluding hydrogens is 152 g/mol. The fraction of sp³-hybridized carbons (Fsp3) is 0.300. The van der Waals surface area contributed by atoms with Gasteiger partial charge in [-0.3, -0.25) is 0 Å². The minimum Gasteiger partial charge on any atom is -0.465 e. The number of ether oxygens (including phenoxy) is 1. The van der Waals surface area contributed by atoms with Crippen LogP contribution in [-0.4, -0.2) is 13.1 Å². The Hall–Kier alpha value is -1.31. The van der Waals surface area contributed by atoms with Gasteiger partial charge in [-0.25, -0.2) is 4.79 Å². The molecule has 0 radical (unpaired) electrons. The van der Waals surface area contributed by atoms with Crippen molar-refractivity contribution in [3.05, 3.63) is 36.5 Å². The summed E-state index contributed by atoms with van der Waals surface area (Å²) in [5, 5.41) is 0. The first-order valence-corrected chi connectivity index (χ1v) is 3.74. The summed E-state index contributed by atoms with van der Waals surface area (Å²) in [6.45, 7) is 9.27. The summed E-state index contributed by atoms with van der Waals surface area (Å²) < 4.78 is 4.46. The van der Waals surface area contributed by atoms with E-state index >= 15 is 0 Å². The van der Waals surface area contributed by atoms with Gasteiger partial charge in [-0.2, -0.15) is 0 Å². The van der Waals surface area contributed by atoms with Crippen LogP contribution in [0.5, 0.6) is 0 Å². The van der Waals surface area contributed by atoms with Crippen LogP contribution in [0.3, 0.4) is 0 Å². The molecule has 0 N–H and O–H groups in total. The lowest BCUT2D eigenvalue weighted by atomic mass is 10.2. The molecule has 0 aliphatic carbocycles. The van der Waals surface area contributed by atoms with Gasteiger partial charge in [-0.15, -0.1) is 0 Å². The van der Waals surface area contributed by atoms with Gasteiger partial charge in [0.25, 0.3) is 0 Å². The van der Waals surface area contributed by atoms with Crippen molar-refractivity contribution in [3.63, 3.8) is 0 Å². The Balaban J connectivity index is 4.09. The van der Waals surface area contributed by atoms with Crippen LogP contribution in [-0.2, 0) is 9.53 Å². The minimum atomic E-state index is -0.407. The summed E-state index contributed by atoms with van der Waals surface area (Å²) >= 11 is 0. The van der Waals surface area contributed by atoms with Crippen LogP contribution in [0, 0.1) is 0 Å². The van der Waals surface area contributed by atoms with Crippen LogP contribution in [0.2, 0.25) is 0 Å². The molecule has 0 rings (SSSR count). The monoisotopic (exact) mass is 166 g/mol. The smallest absolute Gasteiger partial charge is 0.337 e. The van der Waals surface area contributed by atoms with Gasteiger partial charge in [0.05, 0.1) is 12.7 Å². The fourth-order valence-corrected chi connectivity index (χ4v) is 0.535. The molecule has 0 aromatic heterocycles. The second kappa shape index (κ2) is 5.35. The van der Waals surface area contributed by atoms with Gasteiger partial charge in [0.15, 0.2) is 0 Å². The molecule has 0 unspecified atom stereocenters. The molecule has 0 aromatic carbocycles. The highest BCUT2D eigenvalue weighted by atomic mass is 16.5. The molecule has 66 valence electrons. The van der Waals surface area contributed by atoms with Crippen molar-refractivity contribution in [2.24, 2.45) is 0 Å². The van der Waals surface area contributed by atoms with Crippen molar-refractivity contribution >= 4 is 5.97 Å². The number of hydrogen-bond donors (Lipinski definition) is 0. The zero-order valence-electron chi connectivity index (χ0n) is 7.59. The van der Waals surface area contributed by atoms with E-state index < -0.39 is 5.97 Å². The van der Waals surface area contributed by atoms with Gasteiger partial charge in [0.1, 0.15) is 0 Å². The van der Waals surface area contributed by atoms with Crippen LogP contribution in [0.25, 0.3) is 0 Å². The van der Waals surface area contributed by atoms with E-state index in [4.69, 9.17) is 0 Å². The summed E-state index contributed by atoms with van der Waals surface area (Å²) in [4.78, 5) is 10.8. The summed E-state index contributed by atoms with van der Waals surface area (Å²) in [5.41, 5.74) is 1.30. The maximum Gasteiger partial charge on any atom is 0.337 e. The van der Waals surface area contributed by atoms with E-state index in [1.807, 2.05) is 6.92 Å². The molecule has 0 aromatic rings. The second-order valence-electron chi connectivity index (χ2n) is 2.36. The van der Waals surface area contributed by atoms with Crippen LogP contribution >= 0.6 is 0 Å². The van der Waals surface area contributed by atoms with E-state index in [0.29, 0.717) is 5.57 Å². The SMILES string of the molecule is C=C(/C=C\C(=C)C(=O)OC)CC. The summed E-state index contributed by atoms with van der Waals surface area (Å²) in [6.07, 6.45) is 4.24. The highest BCUT2D eigenvalue weighted by Crippen LogP contribution is 2.02. The first-order chi connectivity index (χ1) is 5.61. The predicted molar refractivity (Wildman–Crippen MR) is 49.7 cm³/mol. The van der Waals surface area contributed by atoms with Gasteiger partial charge >= 0.3 is 5.97 Å². The molecule has 0 saturated heterocycles. The average molecular weight is 166 g/mol. The third-order valence-electron chi connectivity index (χ3n) is 1.42. The molecule has 0 saturated carbocycles. The Bertz CT molecular complexity index is 224. The normalized spacial score (nSPS) is 9.83. The molecule has 0 spiro atoms. The summed E-state index contributed by atoms with van der Waals surface area (Å²) in [5.74, 6) is -0.407. The van der Waals surface area contributed by atoms with Crippen molar-refractivity contribution in [2.75, 3.05) is 7.11 Å². The quantitative estimate of drug-likeness (QED) is 0.363. The Morgan fingerprint density at radius 2 is 2.00 bits per heavy atom. The van der Waals surface area contributed by atoms with Crippen LogP contribution in [0.15, 0.2) is 36.5 Å². The number of carbonyl (C=O) groups is 1. The topological polar surface area (TPSA) is 26.3 Å². The Morgan fingerprint density at radius 3 is 2.42 bits per heavy atom. The molecule has 12 heavy (non-hydrogen) atoms. The van der Waals surface area contributed by atoms with E-state index in [1.165, 1.54) is 7.11 Å². The van der Waals surface area contributed by atoms with Gasteiger partial charge in [0.2, 0.25) is 0 Å². The van der Waals surface area contributed by atoms with E-state index in [-0.39, 0.29) is 0 Å². The molecule has 2 heteroatoms. The fourth-order valence-electron chi connectivity index (χ4n) is 0.535. The standard InChI is InChI=1S/C10H14O2/c1-5-8(2)6-7-9(3)10(11)12-4/h6-7H,2-3,5H2,1,4H3/b7-6-. The number of rotatable bonds is 4. The zero-order chi connectivity index (χ0) is 9.56. The molecule has 0 aliphatic rings. The Labute approximate surface area is 73.2 Å². The largest absolute Gasteiger partial charge is 0.465 e. The molecule has 0 bridgehead atoms. The molecular formula is C10H14O2. The van der Waals surface area contributed by atoms with Gasteiger partial charge in [0, 0.05) is 0 Å². The van der Waals surface area contributed by atoms with E-state index in [9.17, 15) is 4.79 Å². The Kier molecular flexibility index (Phi) is 4.77. The third kappa shape index (κ3) is 3.76. The van der Waals surface area contributed by atoms with Crippen molar-refractivity contribution < 1.29 is 9.53 Å². The second-order valence-corrected chi connectivity index (χ2v) is 2.36. The lowest BCUT2D eigenvalue weighted by Crippen LogP contribution is -2.00. The number of hydrogen-bond acceptors (Lipinski definition) is 2. The lowest BCUT2D eigenvalue weighted by molar-refractivity contribution is -0.135. The van der Waals surface area contributed by atoms with Crippen LogP contribution in [0.4, 0.5) is 0 Å². The third-order valence-corrected chi connectivity index (χ3v) is 1.42. The first-order valence-electron chi connectivity index (χ1n) is 3.74. The van der Waals surface area contributed by atoms with E-state index in [2.05, 4.69) is 17.9 Å². The molecule has 0 fully saturated rings. The number of methoxy groups -OCH3 is 1. The molecule has 0 aliphatic heterocycles. The molecule has 2 nitrogen and oxygen atoms in total. The molecule has 0 amide bonds. The number of esters is 1. The van der Waals surface area contributed by atoms with Crippen LogP contribution in [0.1, 0.15) is 13.3 Å². The first kappa shape index (κ1) is 10.7. The molecule has 0 heterocycles. The zero-order valence-corrected chi connectivity index (χ0v) is 7.59. The molecule has 0 atom stereocenters. The summed E-state index contributed by atoms with van der Waals surface area (Å²) in [7, 11) is 1.33. The summed E-state index contributed by atoms with van der Waals surface area (Å²) in [6, 6.07) is 0. The van der Waals surface area contributed by atoms with E-state index in [1.54, 1.807) is 12.2 Å². The maximum absolute atomic E-state index is 10.8. The van der Waals surface area contributed by atoms with Gasteiger partial charge < -0.3 is 4.74 Å². The van der Waals surface area contributed by atoms with Crippen molar-refractivity contribution in [1.82, 2.24) is 0 Å². The van der Waals surface area contributed by atoms with Gasteiger partial charge in [-0.1, -0.05) is 31.7 Å². The number of allylic oxidation sites excluding steroid dienone is 2. The Morgan fingerprint density at radius 1 is 1.42 bits per heavy atom. The van der Waals surface area contributed by atoms with Crippen LogP contribution < -0.4 is 0 Å². The predicted octanol–water partition coefficient (Wildman–Crippen LogP) is 2.24. The average Bonchev–Trinajstić information content (AvgIpc) is 2.11. The maximum atomic E-state index is 10.8. The van der Waals surface area contributed by atoms with Crippen molar-refractivity contribution in [1.29, 1.82) is 0 Å². The highest BCUT2D eigenvalue weighted by molar-refractivity contribution is 5.90.